The second kappa shape index (κ2) is 5.11. The number of rotatable bonds is 2. The van der Waals surface area contributed by atoms with E-state index in [1.54, 1.807) is 11.3 Å². The van der Waals surface area contributed by atoms with Crippen LogP contribution in [0.4, 0.5) is 0 Å². The predicted molar refractivity (Wildman–Crippen MR) is 79.0 cm³/mol. The summed E-state index contributed by atoms with van der Waals surface area (Å²) in [4.78, 5) is 1.08. The summed E-state index contributed by atoms with van der Waals surface area (Å²) in [5.74, 6) is 0. The Bertz CT molecular complexity index is 531. The van der Waals surface area contributed by atoms with Crippen LogP contribution in [-0.4, -0.2) is 0 Å². The van der Waals surface area contributed by atoms with E-state index in [4.69, 9.17) is 17.3 Å². The minimum Gasteiger partial charge on any atom is -0.320 e. The average Bonchev–Trinajstić information content (AvgIpc) is 2.62. The number of benzene rings is 1. The second-order valence-electron chi connectivity index (χ2n) is 4.04. The minimum absolute atomic E-state index is 0.108. The van der Waals surface area contributed by atoms with Crippen LogP contribution in [0.1, 0.15) is 27.6 Å². The first-order valence-electron chi connectivity index (χ1n) is 5.27. The Hall–Kier alpha value is -0.350. The van der Waals surface area contributed by atoms with Gasteiger partial charge in [-0.05, 0) is 52.5 Å². The molecule has 0 saturated carbocycles. The Labute approximate surface area is 119 Å². The summed E-state index contributed by atoms with van der Waals surface area (Å²) in [7, 11) is 0. The van der Waals surface area contributed by atoms with Crippen molar-refractivity contribution in [1.82, 2.24) is 0 Å². The quantitative estimate of drug-likeness (QED) is 0.838. The molecule has 1 nitrogen and oxygen atoms in total. The lowest BCUT2D eigenvalue weighted by atomic mass is 9.97. The van der Waals surface area contributed by atoms with Crippen LogP contribution in [-0.2, 0) is 0 Å². The highest BCUT2D eigenvalue weighted by atomic mass is 79.9. The molecule has 90 valence electrons. The predicted octanol–water partition coefficient (Wildman–Crippen LogP) is 4.83. The molecule has 1 unspecified atom stereocenters. The monoisotopic (exact) mass is 329 g/mol. The van der Waals surface area contributed by atoms with Crippen molar-refractivity contribution < 1.29 is 0 Å². The molecule has 1 aromatic carbocycles. The molecule has 1 aromatic heterocycles. The molecule has 17 heavy (non-hydrogen) atoms. The molecule has 0 aliphatic carbocycles. The molecule has 0 saturated heterocycles. The first-order valence-corrected chi connectivity index (χ1v) is 7.26. The van der Waals surface area contributed by atoms with E-state index in [1.165, 1.54) is 11.1 Å². The SMILES string of the molecule is Cc1cccc(C(N)c2cc(Cl)c(Br)s2)c1C. The van der Waals surface area contributed by atoms with Crippen molar-refractivity contribution >= 4 is 38.9 Å². The van der Waals surface area contributed by atoms with E-state index in [1.807, 2.05) is 12.1 Å². The number of hydrogen-bond acceptors (Lipinski definition) is 2. The van der Waals surface area contributed by atoms with Crippen LogP contribution in [0.3, 0.4) is 0 Å². The number of aryl methyl sites for hydroxylation is 1. The largest absolute Gasteiger partial charge is 0.320 e. The molecule has 2 aromatic rings. The molecule has 2 N–H and O–H groups in total. The maximum atomic E-state index is 6.30. The highest BCUT2D eigenvalue weighted by Gasteiger charge is 2.16. The number of hydrogen-bond donors (Lipinski definition) is 1. The van der Waals surface area contributed by atoms with Gasteiger partial charge in [-0.25, -0.2) is 0 Å². The van der Waals surface area contributed by atoms with Crippen LogP contribution in [0.15, 0.2) is 28.1 Å². The molecule has 0 amide bonds. The average molecular weight is 331 g/mol. The maximum Gasteiger partial charge on any atom is 0.0888 e. The molecule has 0 bridgehead atoms. The van der Waals surface area contributed by atoms with E-state index < -0.39 is 0 Å². The first-order chi connectivity index (χ1) is 8.00. The topological polar surface area (TPSA) is 26.0 Å². The van der Waals surface area contributed by atoms with Gasteiger partial charge in [0.25, 0.3) is 0 Å². The summed E-state index contributed by atoms with van der Waals surface area (Å²) in [5, 5.41) is 0.728. The lowest BCUT2D eigenvalue weighted by Crippen LogP contribution is -2.12. The molecule has 2 rings (SSSR count). The lowest BCUT2D eigenvalue weighted by Gasteiger charge is -2.14. The summed E-state index contributed by atoms with van der Waals surface area (Å²) in [6, 6.07) is 8.05. The normalized spacial score (nSPS) is 12.8. The van der Waals surface area contributed by atoms with Gasteiger partial charge >= 0.3 is 0 Å². The zero-order valence-electron chi connectivity index (χ0n) is 9.63. The highest BCUT2D eigenvalue weighted by Crippen LogP contribution is 2.37. The second-order valence-corrected chi connectivity index (χ2v) is 6.85. The fourth-order valence-corrected chi connectivity index (χ4v) is 3.55. The summed E-state index contributed by atoms with van der Waals surface area (Å²) < 4.78 is 0.940. The van der Waals surface area contributed by atoms with Crippen molar-refractivity contribution in [2.75, 3.05) is 0 Å². The molecule has 0 radical (unpaired) electrons. The molecule has 0 aliphatic rings. The van der Waals surface area contributed by atoms with Crippen LogP contribution in [0.2, 0.25) is 5.02 Å². The molecule has 4 heteroatoms. The molecule has 0 fully saturated rings. The minimum atomic E-state index is -0.108. The van der Waals surface area contributed by atoms with Gasteiger partial charge in [0, 0.05) is 4.88 Å². The van der Waals surface area contributed by atoms with Gasteiger partial charge in [-0.1, -0.05) is 29.8 Å². The Morgan fingerprint density at radius 2 is 2.06 bits per heavy atom. The van der Waals surface area contributed by atoms with E-state index in [0.29, 0.717) is 0 Å². The van der Waals surface area contributed by atoms with E-state index >= 15 is 0 Å². The van der Waals surface area contributed by atoms with Gasteiger partial charge in [0.05, 0.1) is 14.9 Å². The third-order valence-corrected chi connectivity index (χ3v) is 5.51. The lowest BCUT2D eigenvalue weighted by molar-refractivity contribution is 0.879. The molecule has 1 atom stereocenters. The maximum absolute atomic E-state index is 6.30. The number of nitrogens with two attached hydrogens (primary N) is 1. The Morgan fingerprint density at radius 1 is 1.35 bits per heavy atom. The Morgan fingerprint density at radius 3 is 2.65 bits per heavy atom. The molecular weight excluding hydrogens is 318 g/mol. The van der Waals surface area contributed by atoms with Crippen molar-refractivity contribution in [3.63, 3.8) is 0 Å². The van der Waals surface area contributed by atoms with Crippen molar-refractivity contribution in [2.45, 2.75) is 19.9 Å². The number of halogens is 2. The summed E-state index contributed by atoms with van der Waals surface area (Å²) in [6.07, 6.45) is 0. The molecule has 0 spiro atoms. The van der Waals surface area contributed by atoms with Gasteiger partial charge < -0.3 is 5.73 Å². The van der Waals surface area contributed by atoms with E-state index in [2.05, 4.69) is 41.9 Å². The molecule has 1 heterocycles. The standard InChI is InChI=1S/C13H13BrClNS/c1-7-4-3-5-9(8(7)2)12(16)11-6-10(15)13(14)17-11/h3-6,12H,16H2,1-2H3. The zero-order valence-corrected chi connectivity index (χ0v) is 12.8. The van der Waals surface area contributed by atoms with Gasteiger partial charge in [0.2, 0.25) is 0 Å². The third-order valence-electron chi connectivity index (χ3n) is 2.95. The molecule has 0 aliphatic heterocycles. The fourth-order valence-electron chi connectivity index (χ4n) is 1.78. The third kappa shape index (κ3) is 2.58. The Balaban J connectivity index is 2.43. The van der Waals surface area contributed by atoms with Gasteiger partial charge in [-0.2, -0.15) is 0 Å². The van der Waals surface area contributed by atoms with E-state index in [0.717, 1.165) is 19.2 Å². The van der Waals surface area contributed by atoms with Crippen molar-refractivity contribution in [1.29, 1.82) is 0 Å². The van der Waals surface area contributed by atoms with Gasteiger partial charge in [-0.15, -0.1) is 11.3 Å². The van der Waals surface area contributed by atoms with E-state index in [-0.39, 0.29) is 6.04 Å². The molecular formula is C13H13BrClNS. The first kappa shape index (κ1) is 13.1. The summed E-state index contributed by atoms with van der Waals surface area (Å²) in [6.45, 7) is 4.21. The van der Waals surface area contributed by atoms with Gasteiger partial charge in [0.1, 0.15) is 0 Å². The van der Waals surface area contributed by atoms with Crippen molar-refractivity contribution in [3.8, 4) is 0 Å². The van der Waals surface area contributed by atoms with Crippen LogP contribution in [0, 0.1) is 13.8 Å². The Kier molecular flexibility index (Phi) is 3.93. The summed E-state index contributed by atoms with van der Waals surface area (Å²) >= 11 is 11.1. The van der Waals surface area contributed by atoms with Crippen molar-refractivity contribution in [3.05, 3.63) is 54.6 Å². The zero-order chi connectivity index (χ0) is 12.6. The van der Waals surface area contributed by atoms with Crippen LogP contribution in [0.5, 0.6) is 0 Å². The van der Waals surface area contributed by atoms with Gasteiger partial charge in [-0.3, -0.25) is 0 Å². The van der Waals surface area contributed by atoms with Crippen molar-refractivity contribution in [2.24, 2.45) is 5.73 Å². The van der Waals surface area contributed by atoms with Crippen LogP contribution >= 0.6 is 38.9 Å². The van der Waals surface area contributed by atoms with Crippen LogP contribution < -0.4 is 5.73 Å². The van der Waals surface area contributed by atoms with Crippen LogP contribution in [0.25, 0.3) is 0 Å². The van der Waals surface area contributed by atoms with E-state index in [9.17, 15) is 0 Å². The summed E-state index contributed by atoms with van der Waals surface area (Å²) in [5.41, 5.74) is 9.98. The highest BCUT2D eigenvalue weighted by molar-refractivity contribution is 9.11. The smallest absolute Gasteiger partial charge is 0.0888 e. The number of thiophene rings is 1. The fraction of sp³-hybridized carbons (Fsp3) is 0.231. The van der Waals surface area contributed by atoms with Gasteiger partial charge in [0.15, 0.2) is 0 Å².